The zero-order valence-corrected chi connectivity index (χ0v) is 13.7. The van der Waals surface area contributed by atoms with Crippen LogP contribution in [0, 0.1) is 13.8 Å². The summed E-state index contributed by atoms with van der Waals surface area (Å²) in [6, 6.07) is 9.64. The molecule has 3 rings (SSSR count). The van der Waals surface area contributed by atoms with Crippen LogP contribution in [0.25, 0.3) is 11.2 Å². The Labute approximate surface area is 140 Å². The van der Waals surface area contributed by atoms with Crippen LogP contribution in [0.5, 0.6) is 5.75 Å². The van der Waals surface area contributed by atoms with Crippen molar-refractivity contribution in [2.45, 2.75) is 20.0 Å². The Morgan fingerprint density at radius 1 is 1.08 bits per heavy atom. The van der Waals surface area contributed by atoms with Gasteiger partial charge in [-0.2, -0.15) is 0 Å². The number of nitrogens with one attached hydrogen (secondary N) is 1. The van der Waals surface area contributed by atoms with Gasteiger partial charge in [-0.15, -0.1) is 0 Å². The molecule has 0 saturated heterocycles. The Morgan fingerprint density at radius 3 is 2.62 bits per heavy atom. The molecule has 0 spiro atoms. The summed E-state index contributed by atoms with van der Waals surface area (Å²) in [6.07, 6.45) is 2.58. The van der Waals surface area contributed by atoms with Gasteiger partial charge in [-0.1, -0.05) is 18.2 Å². The van der Waals surface area contributed by atoms with Gasteiger partial charge in [-0.25, -0.2) is 9.97 Å². The molecule has 2 heterocycles. The highest BCUT2D eigenvalue weighted by Crippen LogP contribution is 2.22. The summed E-state index contributed by atoms with van der Waals surface area (Å²) in [6.45, 7) is 4.54. The molecule has 0 aliphatic heterocycles. The zero-order chi connectivity index (χ0) is 16.9. The fourth-order valence-electron chi connectivity index (χ4n) is 2.44. The number of aromatic nitrogens is 3. The molecule has 0 bridgehead atoms. The molecule has 0 amide bonds. The summed E-state index contributed by atoms with van der Waals surface area (Å²) in [5.41, 5.74) is 3.43. The van der Waals surface area contributed by atoms with Gasteiger partial charge in [-0.3, -0.25) is 4.98 Å². The quantitative estimate of drug-likeness (QED) is 0.725. The van der Waals surface area contributed by atoms with Gasteiger partial charge in [0.15, 0.2) is 5.65 Å². The van der Waals surface area contributed by atoms with Crippen LogP contribution in [0.2, 0.25) is 0 Å². The lowest BCUT2D eigenvalue weighted by Crippen LogP contribution is -2.27. The van der Waals surface area contributed by atoms with Crippen LogP contribution in [-0.2, 0) is 0 Å². The van der Waals surface area contributed by atoms with Gasteiger partial charge in [0.25, 0.3) is 0 Å². The first-order valence-corrected chi connectivity index (χ1v) is 7.82. The first-order valence-electron chi connectivity index (χ1n) is 7.82. The van der Waals surface area contributed by atoms with Crippen LogP contribution in [0.4, 0.5) is 5.82 Å². The van der Waals surface area contributed by atoms with E-state index in [1.165, 1.54) is 0 Å². The minimum absolute atomic E-state index is 0.214. The first kappa shape index (κ1) is 16.1. The van der Waals surface area contributed by atoms with Crippen molar-refractivity contribution >= 4 is 17.0 Å². The standard InChI is InChI=1S/C18H20N4O2/c1-12-4-3-5-13(2)17(12)24-11-14(23)10-21-16-7-6-15-18(22-16)20-9-8-19-15/h3-9,14,23H,10-11H2,1-2H3,(H,20,21,22). The molecule has 0 fully saturated rings. The molecule has 6 nitrogen and oxygen atoms in total. The normalized spacial score (nSPS) is 12.1. The van der Waals surface area contributed by atoms with Crippen LogP contribution in [-0.4, -0.2) is 39.3 Å². The molecule has 124 valence electrons. The SMILES string of the molecule is Cc1cccc(C)c1OCC(O)CNc1ccc2nccnc2n1. The Balaban J connectivity index is 1.56. The smallest absolute Gasteiger partial charge is 0.180 e. The van der Waals surface area contributed by atoms with Crippen molar-refractivity contribution in [3.63, 3.8) is 0 Å². The van der Waals surface area contributed by atoms with E-state index in [0.717, 1.165) is 22.4 Å². The van der Waals surface area contributed by atoms with Crippen molar-refractivity contribution in [1.29, 1.82) is 0 Å². The number of pyridine rings is 1. The second-order valence-corrected chi connectivity index (χ2v) is 5.66. The minimum Gasteiger partial charge on any atom is -0.490 e. The summed E-state index contributed by atoms with van der Waals surface area (Å²) < 4.78 is 5.76. The predicted octanol–water partition coefficient (Wildman–Crippen LogP) is 2.49. The molecule has 2 N–H and O–H groups in total. The summed E-state index contributed by atoms with van der Waals surface area (Å²) in [5, 5.41) is 13.2. The van der Waals surface area contributed by atoms with E-state index in [9.17, 15) is 5.11 Å². The molecule has 0 radical (unpaired) electrons. The Hall–Kier alpha value is -2.73. The number of nitrogens with zero attached hydrogens (tertiary/aromatic N) is 3. The lowest BCUT2D eigenvalue weighted by atomic mass is 10.1. The number of para-hydroxylation sites is 1. The van der Waals surface area contributed by atoms with Gasteiger partial charge < -0.3 is 15.2 Å². The van der Waals surface area contributed by atoms with E-state index in [-0.39, 0.29) is 6.61 Å². The van der Waals surface area contributed by atoms with Crippen LogP contribution < -0.4 is 10.1 Å². The molecule has 1 unspecified atom stereocenters. The Kier molecular flexibility index (Phi) is 4.86. The highest BCUT2D eigenvalue weighted by atomic mass is 16.5. The Morgan fingerprint density at radius 2 is 1.83 bits per heavy atom. The number of hydrogen-bond donors (Lipinski definition) is 2. The average molecular weight is 324 g/mol. The molecular weight excluding hydrogens is 304 g/mol. The lowest BCUT2D eigenvalue weighted by molar-refractivity contribution is 0.116. The van der Waals surface area contributed by atoms with E-state index in [1.807, 2.05) is 44.2 Å². The lowest BCUT2D eigenvalue weighted by Gasteiger charge is -2.16. The topological polar surface area (TPSA) is 80.2 Å². The highest BCUT2D eigenvalue weighted by molar-refractivity contribution is 5.71. The fraction of sp³-hybridized carbons (Fsp3) is 0.278. The summed E-state index contributed by atoms with van der Waals surface area (Å²) in [7, 11) is 0. The maximum absolute atomic E-state index is 10.1. The molecular formula is C18H20N4O2. The number of anilines is 1. The molecule has 0 aliphatic rings. The fourth-order valence-corrected chi connectivity index (χ4v) is 2.44. The third-order valence-electron chi connectivity index (χ3n) is 3.68. The number of aliphatic hydroxyl groups is 1. The second-order valence-electron chi connectivity index (χ2n) is 5.66. The summed E-state index contributed by atoms with van der Waals surface area (Å²) in [4.78, 5) is 12.7. The van der Waals surface area contributed by atoms with Gasteiger partial charge >= 0.3 is 0 Å². The molecule has 0 saturated carbocycles. The minimum atomic E-state index is -0.650. The monoisotopic (exact) mass is 324 g/mol. The van der Waals surface area contributed by atoms with Crippen LogP contribution >= 0.6 is 0 Å². The van der Waals surface area contributed by atoms with Crippen molar-refractivity contribution in [3.8, 4) is 5.75 Å². The maximum atomic E-state index is 10.1. The van der Waals surface area contributed by atoms with Crippen LogP contribution in [0.3, 0.4) is 0 Å². The average Bonchev–Trinajstić information content (AvgIpc) is 2.59. The third-order valence-corrected chi connectivity index (χ3v) is 3.68. The second kappa shape index (κ2) is 7.23. The number of ether oxygens (including phenoxy) is 1. The summed E-state index contributed by atoms with van der Waals surface area (Å²) >= 11 is 0. The van der Waals surface area contributed by atoms with Gasteiger partial charge in [0.05, 0.1) is 0 Å². The molecule has 2 aromatic heterocycles. The molecule has 1 aromatic carbocycles. The molecule has 6 heteroatoms. The van der Waals surface area contributed by atoms with Crippen molar-refractivity contribution in [2.24, 2.45) is 0 Å². The van der Waals surface area contributed by atoms with Gasteiger partial charge in [-0.05, 0) is 37.1 Å². The van der Waals surface area contributed by atoms with Gasteiger partial charge in [0.1, 0.15) is 29.8 Å². The number of benzene rings is 1. The van der Waals surface area contributed by atoms with E-state index in [4.69, 9.17) is 4.74 Å². The number of rotatable bonds is 6. The largest absolute Gasteiger partial charge is 0.490 e. The van der Waals surface area contributed by atoms with Gasteiger partial charge in [0.2, 0.25) is 0 Å². The van der Waals surface area contributed by atoms with E-state index < -0.39 is 6.10 Å². The van der Waals surface area contributed by atoms with E-state index >= 15 is 0 Å². The van der Waals surface area contributed by atoms with Crippen LogP contribution in [0.15, 0.2) is 42.7 Å². The van der Waals surface area contributed by atoms with Gasteiger partial charge in [0, 0.05) is 18.9 Å². The van der Waals surface area contributed by atoms with Crippen molar-refractivity contribution in [2.75, 3.05) is 18.5 Å². The van der Waals surface area contributed by atoms with E-state index in [0.29, 0.717) is 18.0 Å². The van der Waals surface area contributed by atoms with Crippen molar-refractivity contribution in [3.05, 3.63) is 53.9 Å². The van der Waals surface area contributed by atoms with Crippen molar-refractivity contribution in [1.82, 2.24) is 15.0 Å². The molecule has 3 aromatic rings. The first-order chi connectivity index (χ1) is 11.6. The number of fused-ring (bicyclic) bond motifs is 1. The van der Waals surface area contributed by atoms with E-state index in [1.54, 1.807) is 12.4 Å². The predicted molar refractivity (Wildman–Crippen MR) is 93.2 cm³/mol. The molecule has 24 heavy (non-hydrogen) atoms. The van der Waals surface area contributed by atoms with E-state index in [2.05, 4.69) is 20.3 Å². The van der Waals surface area contributed by atoms with Crippen LogP contribution in [0.1, 0.15) is 11.1 Å². The molecule has 1 atom stereocenters. The Bertz CT molecular complexity index is 818. The van der Waals surface area contributed by atoms with Crippen molar-refractivity contribution < 1.29 is 9.84 Å². The zero-order valence-electron chi connectivity index (χ0n) is 13.7. The maximum Gasteiger partial charge on any atom is 0.180 e. The highest BCUT2D eigenvalue weighted by Gasteiger charge is 2.09. The number of hydrogen-bond acceptors (Lipinski definition) is 6. The summed E-state index contributed by atoms with van der Waals surface area (Å²) in [5.74, 6) is 1.48. The number of aryl methyl sites for hydroxylation is 2. The molecule has 0 aliphatic carbocycles. The third kappa shape index (κ3) is 3.78. The number of aliphatic hydroxyl groups excluding tert-OH is 1.